The number of rotatable bonds is 10. The Labute approximate surface area is 231 Å². The third kappa shape index (κ3) is 6.24. The molecule has 1 saturated heterocycles. The summed E-state index contributed by atoms with van der Waals surface area (Å²) >= 11 is 0. The number of sulfonamides is 1. The number of hydrogen-bond acceptors (Lipinski definition) is 10. The van der Waals surface area contributed by atoms with E-state index < -0.39 is 40.1 Å². The van der Waals surface area contributed by atoms with Crippen LogP contribution >= 0.6 is 0 Å². The summed E-state index contributed by atoms with van der Waals surface area (Å²) in [5, 5.41) is 25.9. The lowest BCUT2D eigenvalue weighted by Gasteiger charge is -2.20. The van der Waals surface area contributed by atoms with E-state index in [0.717, 1.165) is 19.0 Å². The molecule has 0 bridgehead atoms. The zero-order valence-electron chi connectivity index (χ0n) is 21.6. The summed E-state index contributed by atoms with van der Waals surface area (Å²) in [5.74, 6) is -1.28. The second-order valence-corrected chi connectivity index (χ2v) is 11.6. The number of carboxylic acids is 1. The van der Waals surface area contributed by atoms with Crippen LogP contribution in [0.5, 0.6) is 0 Å². The van der Waals surface area contributed by atoms with E-state index in [1.807, 2.05) is 6.07 Å². The normalized spacial score (nSPS) is 22.6. The number of aliphatic carboxylic acids is 1. The van der Waals surface area contributed by atoms with Gasteiger partial charge in [-0.3, -0.25) is 14.6 Å². The van der Waals surface area contributed by atoms with Crippen molar-refractivity contribution < 1.29 is 28.0 Å². The average molecular weight is 570 g/mol. The first-order chi connectivity index (χ1) is 19.2. The van der Waals surface area contributed by atoms with Gasteiger partial charge in [0.15, 0.2) is 11.6 Å². The van der Waals surface area contributed by atoms with Crippen LogP contribution < -0.4 is 26.0 Å². The fraction of sp³-hybridized carbons (Fsp3) is 0.385. The van der Waals surface area contributed by atoms with Gasteiger partial charge in [-0.15, -0.1) is 0 Å². The Hall–Kier alpha value is -4.01. The van der Waals surface area contributed by atoms with Crippen LogP contribution in [0.2, 0.25) is 0 Å². The third-order valence-corrected chi connectivity index (χ3v) is 8.48. The van der Waals surface area contributed by atoms with Crippen molar-refractivity contribution in [3.63, 3.8) is 0 Å². The molecule has 2 aromatic rings. The second-order valence-electron chi connectivity index (χ2n) is 9.89. The zero-order valence-corrected chi connectivity index (χ0v) is 22.4. The van der Waals surface area contributed by atoms with Crippen molar-refractivity contribution in [2.45, 2.75) is 35.4 Å². The molecule has 6 N–H and O–H groups in total. The molecule has 3 atom stereocenters. The standard InChI is InChI=1S/C26H31N7O6S/c34-23(20-13-26(39-32-20)12-18(31-16-26)14-30-25-27-10-11-28-25)29-15-21(24(35)36)33-40(37,38)22-9-5-4-8-19(22)17-6-2-1-3-7-17/h1-9,18,21,31,33H,10-16H2,(H,29,34)(H,35,36)(H2,27,28,30)/t18?,21-,26?/m0/s1. The van der Waals surface area contributed by atoms with Crippen LogP contribution in [0.15, 0.2) is 69.6 Å². The number of carbonyl (C=O) groups is 2. The highest BCUT2D eigenvalue weighted by Crippen LogP contribution is 2.32. The van der Waals surface area contributed by atoms with Crippen LogP contribution in [0, 0.1) is 0 Å². The van der Waals surface area contributed by atoms with Gasteiger partial charge in [-0.2, -0.15) is 4.72 Å². The van der Waals surface area contributed by atoms with Gasteiger partial charge in [-0.25, -0.2) is 8.42 Å². The van der Waals surface area contributed by atoms with Gasteiger partial charge >= 0.3 is 5.97 Å². The molecule has 3 heterocycles. The zero-order chi connectivity index (χ0) is 28.2. The molecule has 3 aliphatic rings. The molecule has 40 heavy (non-hydrogen) atoms. The van der Waals surface area contributed by atoms with E-state index in [1.54, 1.807) is 42.5 Å². The maximum atomic E-state index is 13.2. The first kappa shape index (κ1) is 27.6. The molecule has 212 valence electrons. The van der Waals surface area contributed by atoms with Crippen molar-refractivity contribution in [3.05, 3.63) is 54.6 Å². The number of carboxylic acid groups (broad SMARTS) is 1. The summed E-state index contributed by atoms with van der Waals surface area (Å²) in [6.07, 6.45) is 0.862. The summed E-state index contributed by atoms with van der Waals surface area (Å²) in [5.41, 5.74) is 0.551. The Balaban J connectivity index is 1.17. The second kappa shape index (κ2) is 11.6. The number of aliphatic imine (C=N–C) groups is 1. The number of nitrogens with zero attached hydrogens (tertiary/aromatic N) is 2. The van der Waals surface area contributed by atoms with Crippen molar-refractivity contribution in [1.29, 1.82) is 0 Å². The van der Waals surface area contributed by atoms with Crippen LogP contribution in [0.4, 0.5) is 0 Å². The van der Waals surface area contributed by atoms with Crippen molar-refractivity contribution in [2.24, 2.45) is 10.1 Å². The number of benzene rings is 2. The molecule has 1 spiro atoms. The lowest BCUT2D eigenvalue weighted by atomic mass is 9.94. The number of amides is 1. The Kier molecular flexibility index (Phi) is 8.00. The number of guanidine groups is 1. The van der Waals surface area contributed by atoms with Crippen molar-refractivity contribution in [3.8, 4) is 11.1 Å². The van der Waals surface area contributed by atoms with E-state index in [4.69, 9.17) is 4.84 Å². The molecular weight excluding hydrogens is 538 g/mol. The molecule has 0 aliphatic carbocycles. The first-order valence-electron chi connectivity index (χ1n) is 12.9. The quantitative estimate of drug-likeness (QED) is 0.222. The van der Waals surface area contributed by atoms with Gasteiger partial charge in [0, 0.05) is 50.6 Å². The van der Waals surface area contributed by atoms with Crippen LogP contribution in [-0.2, 0) is 24.4 Å². The number of nitrogens with one attached hydrogen (secondary N) is 5. The van der Waals surface area contributed by atoms with Gasteiger partial charge in [-0.05, 0) is 11.6 Å². The summed E-state index contributed by atoms with van der Waals surface area (Å²) in [7, 11) is -4.25. The van der Waals surface area contributed by atoms with Gasteiger partial charge in [0.2, 0.25) is 10.0 Å². The van der Waals surface area contributed by atoms with Gasteiger partial charge in [0.25, 0.3) is 5.91 Å². The molecule has 0 radical (unpaired) electrons. The number of carbonyl (C=O) groups excluding carboxylic acids is 1. The third-order valence-electron chi connectivity index (χ3n) is 6.95. The Morgan fingerprint density at radius 2 is 1.93 bits per heavy atom. The highest BCUT2D eigenvalue weighted by Gasteiger charge is 2.47. The average Bonchev–Trinajstić information content (AvgIpc) is 3.72. The minimum atomic E-state index is -4.25. The van der Waals surface area contributed by atoms with E-state index in [9.17, 15) is 23.1 Å². The fourth-order valence-corrected chi connectivity index (χ4v) is 6.35. The Bertz CT molecular complexity index is 1430. The minimum Gasteiger partial charge on any atom is -0.480 e. The predicted molar refractivity (Wildman–Crippen MR) is 147 cm³/mol. The van der Waals surface area contributed by atoms with Crippen LogP contribution in [-0.4, -0.2) is 87.5 Å². The predicted octanol–water partition coefficient (Wildman–Crippen LogP) is -0.373. The number of oxime groups is 1. The van der Waals surface area contributed by atoms with E-state index >= 15 is 0 Å². The van der Waals surface area contributed by atoms with Crippen LogP contribution in [0.1, 0.15) is 12.8 Å². The minimum absolute atomic E-state index is 0.0668. The molecule has 13 nitrogen and oxygen atoms in total. The molecule has 1 amide bonds. The summed E-state index contributed by atoms with van der Waals surface area (Å²) < 4.78 is 28.7. The van der Waals surface area contributed by atoms with Gasteiger partial charge in [0.1, 0.15) is 11.8 Å². The summed E-state index contributed by atoms with van der Waals surface area (Å²) in [6.45, 7) is 2.20. The van der Waals surface area contributed by atoms with E-state index in [0.29, 0.717) is 30.6 Å². The van der Waals surface area contributed by atoms with Crippen molar-refractivity contribution >= 4 is 33.6 Å². The van der Waals surface area contributed by atoms with Crippen molar-refractivity contribution in [1.82, 2.24) is 26.0 Å². The largest absolute Gasteiger partial charge is 0.480 e. The van der Waals surface area contributed by atoms with E-state index in [-0.39, 0.29) is 23.1 Å². The highest BCUT2D eigenvalue weighted by atomic mass is 32.2. The Morgan fingerprint density at radius 3 is 2.67 bits per heavy atom. The maximum absolute atomic E-state index is 13.2. The molecule has 2 aromatic carbocycles. The molecule has 2 unspecified atom stereocenters. The fourth-order valence-electron chi connectivity index (χ4n) is 4.94. The van der Waals surface area contributed by atoms with Crippen LogP contribution in [0.3, 0.4) is 0 Å². The SMILES string of the molecule is O=C(NC[C@H](NS(=O)(=O)c1ccccc1-c1ccccc1)C(=O)O)C1=NOC2(CNC(CNC3=NCCN3)C2)C1. The topological polar surface area (TPSA) is 183 Å². The summed E-state index contributed by atoms with van der Waals surface area (Å²) in [4.78, 5) is 34.6. The number of hydrogen-bond donors (Lipinski definition) is 6. The lowest BCUT2D eigenvalue weighted by Crippen LogP contribution is -2.49. The lowest BCUT2D eigenvalue weighted by molar-refractivity contribution is -0.138. The summed E-state index contributed by atoms with van der Waals surface area (Å²) in [6, 6.07) is 13.7. The van der Waals surface area contributed by atoms with Gasteiger partial charge < -0.3 is 31.2 Å². The molecule has 1 fully saturated rings. The van der Waals surface area contributed by atoms with Crippen molar-refractivity contribution in [2.75, 3.05) is 32.7 Å². The monoisotopic (exact) mass is 569 g/mol. The van der Waals surface area contributed by atoms with Crippen LogP contribution in [0.25, 0.3) is 11.1 Å². The highest BCUT2D eigenvalue weighted by molar-refractivity contribution is 7.89. The molecule has 0 saturated carbocycles. The smallest absolute Gasteiger partial charge is 0.323 e. The van der Waals surface area contributed by atoms with Gasteiger partial charge in [0.05, 0.1) is 11.4 Å². The molecule has 3 aliphatic heterocycles. The molecule has 5 rings (SSSR count). The Morgan fingerprint density at radius 1 is 1.15 bits per heavy atom. The molecular formula is C26H31N7O6S. The first-order valence-corrected chi connectivity index (χ1v) is 14.4. The van der Waals surface area contributed by atoms with E-state index in [1.165, 1.54) is 6.07 Å². The maximum Gasteiger partial charge on any atom is 0.323 e. The molecule has 0 aromatic heterocycles. The molecule has 14 heteroatoms. The van der Waals surface area contributed by atoms with E-state index in [2.05, 4.69) is 36.1 Å². The van der Waals surface area contributed by atoms with Gasteiger partial charge in [-0.1, -0.05) is 53.7 Å².